The number of benzene rings is 1. The Bertz CT molecular complexity index is 1040. The average molecular weight is 401 g/mol. The van der Waals surface area contributed by atoms with Crippen molar-refractivity contribution in [2.75, 3.05) is 6.61 Å². The summed E-state index contributed by atoms with van der Waals surface area (Å²) in [4.78, 5) is 40.4. The lowest BCUT2D eigenvalue weighted by Gasteiger charge is -2.06. The van der Waals surface area contributed by atoms with Crippen LogP contribution in [0.2, 0.25) is 0 Å². The Morgan fingerprint density at radius 3 is 2.61 bits per heavy atom. The predicted molar refractivity (Wildman–Crippen MR) is 111 cm³/mol. The lowest BCUT2D eigenvalue weighted by atomic mass is 10.1. The van der Waals surface area contributed by atoms with E-state index in [0.717, 1.165) is 17.5 Å². The van der Waals surface area contributed by atoms with Crippen LogP contribution < -0.4 is 0 Å². The first-order chi connectivity index (χ1) is 13.2. The number of ether oxygens (including phenoxy) is 1. The van der Waals surface area contributed by atoms with Gasteiger partial charge in [0.1, 0.15) is 0 Å². The van der Waals surface area contributed by atoms with Gasteiger partial charge in [-0.2, -0.15) is 0 Å². The van der Waals surface area contributed by atoms with Crippen LogP contribution in [0.5, 0.6) is 0 Å². The Balaban J connectivity index is 2.53. The van der Waals surface area contributed by atoms with Gasteiger partial charge in [0.25, 0.3) is 5.78 Å². The van der Waals surface area contributed by atoms with Crippen LogP contribution in [0.1, 0.15) is 39.2 Å². The zero-order valence-electron chi connectivity index (χ0n) is 16.5. The number of fused-ring (bicyclic) bond motifs is 1. The Morgan fingerprint density at radius 1 is 1.25 bits per heavy atom. The number of unbranched alkanes of at least 4 members (excludes halogenated alkanes) is 1. The second-order valence-corrected chi connectivity index (χ2v) is 7.15. The zero-order chi connectivity index (χ0) is 20.8. The number of hydrogen-bond donors (Lipinski definition) is 1. The molecule has 0 bridgehead atoms. The summed E-state index contributed by atoms with van der Waals surface area (Å²) in [6.45, 7) is 7.50. The molecule has 2 rings (SSSR count). The van der Waals surface area contributed by atoms with E-state index in [0.29, 0.717) is 22.3 Å². The van der Waals surface area contributed by atoms with Crippen molar-refractivity contribution < 1.29 is 19.1 Å². The Kier molecular flexibility index (Phi) is 7.23. The molecule has 0 spiro atoms. The number of carbonyl (C=O) groups excluding carboxylic acids is 3. The number of hydrogen-bond acceptors (Lipinski definition) is 5. The molecule has 0 saturated heterocycles. The van der Waals surface area contributed by atoms with Crippen LogP contribution in [-0.4, -0.2) is 33.7 Å². The smallest absolute Gasteiger partial charge is 0.379 e. The molecule has 0 saturated carbocycles. The van der Waals surface area contributed by atoms with Gasteiger partial charge in [0.05, 0.1) is 23.2 Å². The van der Waals surface area contributed by atoms with Crippen molar-refractivity contribution in [1.29, 1.82) is 0 Å². The summed E-state index contributed by atoms with van der Waals surface area (Å²) in [5, 5.41) is 0. The number of aryl methyl sites for hydroxylation is 1. The first-order valence-electron chi connectivity index (χ1n) is 9.08. The van der Waals surface area contributed by atoms with Crippen molar-refractivity contribution in [2.45, 2.75) is 40.5 Å². The fourth-order valence-corrected chi connectivity index (χ4v) is 2.82. The van der Waals surface area contributed by atoms with Crippen LogP contribution >= 0.6 is 12.2 Å². The number of esters is 1. The second kappa shape index (κ2) is 9.41. The van der Waals surface area contributed by atoms with E-state index in [9.17, 15) is 14.4 Å². The number of Topliss-reactive ketones (excluding diaryl/α,β-unsaturated/α-hetero) is 1. The molecule has 0 aliphatic rings. The maximum absolute atomic E-state index is 12.6. The minimum atomic E-state index is -1.04. The molecule has 0 atom stereocenters. The quantitative estimate of drug-likeness (QED) is 0.136. The number of imidazole rings is 1. The normalized spacial score (nSPS) is 11.4. The molecule has 0 radical (unpaired) electrons. The van der Waals surface area contributed by atoms with Crippen LogP contribution in [0, 0.1) is 11.7 Å². The third kappa shape index (κ3) is 5.13. The summed E-state index contributed by atoms with van der Waals surface area (Å²) in [5.74, 6) is -2.60. The van der Waals surface area contributed by atoms with Crippen LogP contribution in [0.15, 0.2) is 35.4 Å². The molecular formula is C21H24N2O4S. The predicted octanol–water partition coefficient (Wildman–Crippen LogP) is 4.30. The standard InChI is InChI=1S/C21H24N2O4S/c1-5-6-9-27-20(26)19(25)15(18(24)10-13(2)3)12-23-17-8-7-14(4)11-16(17)22-21(23)28/h7-8,10-12H,5-6,9H2,1-4H3,(H,22,28)/b15-12+. The summed E-state index contributed by atoms with van der Waals surface area (Å²) in [5.41, 5.74) is 2.93. The summed E-state index contributed by atoms with van der Waals surface area (Å²) >= 11 is 5.34. The number of nitrogens with zero attached hydrogens (tertiary/aromatic N) is 1. The number of nitrogens with one attached hydrogen (secondary N) is 1. The average Bonchev–Trinajstić information content (AvgIpc) is 2.92. The van der Waals surface area contributed by atoms with Gasteiger partial charge in [-0.15, -0.1) is 0 Å². The van der Waals surface area contributed by atoms with Gasteiger partial charge in [-0.3, -0.25) is 14.2 Å². The van der Waals surface area contributed by atoms with Gasteiger partial charge in [0.15, 0.2) is 10.6 Å². The lowest BCUT2D eigenvalue weighted by molar-refractivity contribution is -0.152. The molecule has 28 heavy (non-hydrogen) atoms. The zero-order valence-corrected chi connectivity index (χ0v) is 17.3. The van der Waals surface area contributed by atoms with Crippen molar-refractivity contribution in [2.24, 2.45) is 0 Å². The van der Waals surface area contributed by atoms with E-state index in [4.69, 9.17) is 17.0 Å². The van der Waals surface area contributed by atoms with E-state index < -0.39 is 17.5 Å². The van der Waals surface area contributed by atoms with Crippen molar-refractivity contribution in [1.82, 2.24) is 9.55 Å². The van der Waals surface area contributed by atoms with Crippen LogP contribution in [0.25, 0.3) is 17.2 Å². The number of aromatic amines is 1. The lowest BCUT2D eigenvalue weighted by Crippen LogP contribution is -2.24. The topological polar surface area (TPSA) is 81.2 Å². The van der Waals surface area contributed by atoms with E-state index in [-0.39, 0.29) is 12.2 Å². The molecule has 148 valence electrons. The number of carbonyl (C=O) groups is 3. The highest BCUT2D eigenvalue weighted by molar-refractivity contribution is 7.71. The minimum Gasteiger partial charge on any atom is -0.460 e. The molecule has 6 nitrogen and oxygen atoms in total. The molecule has 0 aliphatic carbocycles. The van der Waals surface area contributed by atoms with Gasteiger partial charge in [0, 0.05) is 6.20 Å². The van der Waals surface area contributed by atoms with Crippen LogP contribution in [0.4, 0.5) is 0 Å². The molecule has 2 aromatic rings. The van der Waals surface area contributed by atoms with Gasteiger partial charge < -0.3 is 9.72 Å². The summed E-state index contributed by atoms with van der Waals surface area (Å²) in [6.07, 6.45) is 4.09. The maximum atomic E-state index is 12.6. The molecule has 1 N–H and O–H groups in total. The number of aromatic nitrogens is 2. The molecular weight excluding hydrogens is 376 g/mol. The van der Waals surface area contributed by atoms with Crippen molar-refractivity contribution in [3.8, 4) is 0 Å². The van der Waals surface area contributed by atoms with Crippen molar-refractivity contribution >= 4 is 47.0 Å². The van der Waals surface area contributed by atoms with E-state index >= 15 is 0 Å². The maximum Gasteiger partial charge on any atom is 0.379 e. The monoisotopic (exact) mass is 400 g/mol. The van der Waals surface area contributed by atoms with Crippen molar-refractivity contribution in [3.05, 3.63) is 45.8 Å². The molecule has 1 aromatic carbocycles. The molecule has 0 fully saturated rings. The Labute approximate surface area is 168 Å². The Morgan fingerprint density at radius 2 is 1.96 bits per heavy atom. The van der Waals surface area contributed by atoms with E-state index in [1.54, 1.807) is 13.8 Å². The van der Waals surface area contributed by atoms with E-state index in [1.165, 1.54) is 16.8 Å². The number of allylic oxidation sites excluding steroid dienone is 2. The number of H-pyrrole nitrogens is 1. The summed E-state index contributed by atoms with van der Waals surface area (Å²) in [6, 6.07) is 5.64. The number of rotatable bonds is 8. The van der Waals surface area contributed by atoms with E-state index in [1.807, 2.05) is 32.0 Å². The van der Waals surface area contributed by atoms with Crippen LogP contribution in [0.3, 0.4) is 0 Å². The molecule has 1 aromatic heterocycles. The Hall–Kier alpha value is -2.80. The van der Waals surface area contributed by atoms with Crippen molar-refractivity contribution in [3.63, 3.8) is 0 Å². The third-order valence-corrected chi connectivity index (χ3v) is 4.28. The first kappa shape index (κ1) is 21.5. The SMILES string of the molecule is CCCCOC(=O)C(=O)/C(=C/n1c(=S)[nH]c2cc(C)ccc21)C(=O)C=C(C)C. The summed E-state index contributed by atoms with van der Waals surface area (Å²) in [7, 11) is 0. The first-order valence-corrected chi connectivity index (χ1v) is 9.48. The molecule has 0 unspecified atom stereocenters. The molecule has 7 heteroatoms. The van der Waals surface area contributed by atoms with E-state index in [2.05, 4.69) is 4.98 Å². The highest BCUT2D eigenvalue weighted by Crippen LogP contribution is 2.18. The fraction of sp³-hybridized carbons (Fsp3) is 0.333. The minimum absolute atomic E-state index is 0.136. The highest BCUT2D eigenvalue weighted by atomic mass is 32.1. The van der Waals surface area contributed by atoms with Gasteiger partial charge in [-0.25, -0.2) is 4.79 Å². The second-order valence-electron chi connectivity index (χ2n) is 6.77. The molecule has 0 amide bonds. The van der Waals surface area contributed by atoms with Gasteiger partial charge in [0.2, 0.25) is 0 Å². The third-order valence-electron chi connectivity index (χ3n) is 3.98. The van der Waals surface area contributed by atoms with Gasteiger partial charge >= 0.3 is 5.97 Å². The fourth-order valence-electron chi connectivity index (χ4n) is 2.56. The van der Waals surface area contributed by atoms with Gasteiger partial charge in [-0.1, -0.05) is 25.0 Å². The number of ketones is 2. The van der Waals surface area contributed by atoms with Crippen LogP contribution in [-0.2, 0) is 19.1 Å². The summed E-state index contributed by atoms with van der Waals surface area (Å²) < 4.78 is 6.82. The molecule has 0 aliphatic heterocycles. The van der Waals surface area contributed by atoms with Gasteiger partial charge in [-0.05, 0) is 63.2 Å². The highest BCUT2D eigenvalue weighted by Gasteiger charge is 2.26. The largest absolute Gasteiger partial charge is 0.460 e. The molecule has 1 heterocycles.